The summed E-state index contributed by atoms with van der Waals surface area (Å²) in [7, 11) is 0. The summed E-state index contributed by atoms with van der Waals surface area (Å²) in [5, 5.41) is 110. The van der Waals surface area contributed by atoms with E-state index in [0.29, 0.717) is 253 Å². The van der Waals surface area contributed by atoms with Gasteiger partial charge in [0.1, 0.15) is 89.9 Å². The van der Waals surface area contributed by atoms with Crippen LogP contribution in [0.15, 0.2) is 171 Å². The van der Waals surface area contributed by atoms with E-state index >= 15 is 19.2 Å². The van der Waals surface area contributed by atoms with Gasteiger partial charge in [-0.05, 0) is 177 Å². The lowest BCUT2D eigenvalue weighted by Crippen LogP contribution is -2.55. The summed E-state index contributed by atoms with van der Waals surface area (Å²) < 4.78 is 13.1. The number of benzene rings is 4. The number of hydrogen-bond donors (Lipinski definition) is 12. The minimum absolute atomic E-state index is 0.0427. The van der Waals surface area contributed by atoms with Crippen LogP contribution in [0, 0.1) is 0 Å². The number of rotatable bonds is 8. The topological polar surface area (TPSA) is 540 Å². The summed E-state index contributed by atoms with van der Waals surface area (Å²) in [5.74, 6) is -1.96. The number of nitrogens with zero attached hydrogens (tertiary/aromatic N) is 28. The molecule has 18 heterocycles. The number of fused-ring (bicyclic) bond motifs is 24. The zero-order valence-corrected chi connectivity index (χ0v) is 83.1. The van der Waals surface area contributed by atoms with E-state index in [9.17, 15) is 19.2 Å². The Balaban J connectivity index is 0.000000186. The maximum Gasteiger partial charge on any atom is 0.248 e. The number of carbonyl (C=O) groups excluding carboxylic acids is 8. The van der Waals surface area contributed by atoms with Crippen LogP contribution >= 0.6 is 0 Å². The van der Waals surface area contributed by atoms with E-state index in [1.165, 1.54) is 22.3 Å². The molecule has 8 aromatic heterocycles. The monoisotopic (exact) mass is 2020 g/mol. The predicted molar refractivity (Wildman–Crippen MR) is 531 cm³/mol. The SMILES string of the molecule is O=C1NCc2cn(nn2)C2(CCN(Cc3ccccc3)CC2)C(=O)NCc2cn(nn2)C2(CCN(Cc3ccccc3)CC2)C(=O)NCc2cn(nn2)C2(CCN(Cc3ccccc3)CC2)C(=O)NCc2cn(nn2)C12CCN(Cc1ccccc1)CC2.O=C1NCc2cn(nn2)C2(CCNCC2)C(=O)NCc2cn(nn2)C2(CCNCC2)C(=O)NCc2cn(nn2)C2(CCNCC2)C(=O)NCc2cn(nn2)C12CCNCC2. The Morgan fingerprint density at radius 1 is 0.189 bits per heavy atom. The van der Waals surface area contributed by atoms with Gasteiger partial charge in [-0.15, -0.1) is 40.8 Å². The highest BCUT2D eigenvalue weighted by Gasteiger charge is 2.53. The molecule has 48 nitrogen and oxygen atoms in total. The lowest BCUT2D eigenvalue weighted by atomic mass is 9.86. The Labute approximate surface area is 853 Å². The van der Waals surface area contributed by atoms with Gasteiger partial charge in [0.05, 0.1) is 102 Å². The number of aromatic nitrogens is 24. The fraction of sp³-hybridized carbons (Fsp3) is 0.520. The summed E-state index contributed by atoms with van der Waals surface area (Å²) in [5.41, 5.74) is -0.00338. The van der Waals surface area contributed by atoms with Gasteiger partial charge in [0.15, 0.2) is 0 Å². The first-order valence-corrected chi connectivity index (χ1v) is 51.8. The molecular weight excluding hydrogens is 1890 g/mol. The van der Waals surface area contributed by atoms with Crippen molar-refractivity contribution in [1.29, 1.82) is 0 Å². The zero-order valence-electron chi connectivity index (χ0n) is 83.1. The van der Waals surface area contributed by atoms with Gasteiger partial charge in [-0.1, -0.05) is 163 Å². The van der Waals surface area contributed by atoms with Crippen LogP contribution in [0.25, 0.3) is 0 Å². The first-order valence-electron chi connectivity index (χ1n) is 51.8. The molecule has 8 fully saturated rings. The summed E-state index contributed by atoms with van der Waals surface area (Å²) in [4.78, 5) is 126. The minimum Gasteiger partial charge on any atom is -0.348 e. The predicted octanol–water partition coefficient (Wildman–Crippen LogP) is -0.457. The van der Waals surface area contributed by atoms with Crippen LogP contribution in [0.4, 0.5) is 0 Å². The molecule has 8 amide bonds. The van der Waals surface area contributed by atoms with E-state index in [-0.39, 0.29) is 99.6 Å². The highest BCUT2D eigenvalue weighted by Crippen LogP contribution is 2.40. The highest BCUT2D eigenvalue weighted by molar-refractivity contribution is 5.89. The molecule has 10 aliphatic rings. The van der Waals surface area contributed by atoms with Crippen molar-refractivity contribution in [2.45, 2.75) is 226 Å². The van der Waals surface area contributed by atoms with Crippen molar-refractivity contribution < 1.29 is 38.4 Å². The van der Waals surface area contributed by atoms with Gasteiger partial charge < -0.3 is 63.8 Å². The number of hydrogen-bond acceptors (Lipinski definition) is 32. The molecule has 10 aliphatic heterocycles. The van der Waals surface area contributed by atoms with Crippen LogP contribution in [-0.2, 0) is 161 Å². The third-order valence-corrected chi connectivity index (χ3v) is 32.1. The molecule has 8 saturated heterocycles. The summed E-state index contributed by atoms with van der Waals surface area (Å²) >= 11 is 0. The largest absolute Gasteiger partial charge is 0.348 e. The zero-order chi connectivity index (χ0) is 101. The molecular formula is C100H128N40O8. The molecule has 22 rings (SSSR count). The van der Waals surface area contributed by atoms with Gasteiger partial charge in [0.2, 0.25) is 47.3 Å². The third-order valence-electron chi connectivity index (χ3n) is 32.1. The van der Waals surface area contributed by atoms with Gasteiger partial charge in [-0.3, -0.25) is 58.0 Å². The third kappa shape index (κ3) is 20.6. The Kier molecular flexibility index (Phi) is 29.2. The molecule has 12 N–H and O–H groups in total. The lowest BCUT2D eigenvalue weighted by Gasteiger charge is -2.40. The molecule has 0 saturated carbocycles. The number of piperidine rings is 8. The van der Waals surface area contributed by atoms with Crippen molar-refractivity contribution in [2.24, 2.45) is 0 Å². The Bertz CT molecular complexity index is 5810. The van der Waals surface area contributed by atoms with E-state index < -0.39 is 44.3 Å². The van der Waals surface area contributed by atoms with Crippen LogP contribution in [0.2, 0.25) is 0 Å². The molecule has 0 aliphatic carbocycles. The van der Waals surface area contributed by atoms with E-state index in [1.807, 2.05) is 72.8 Å². The molecule has 12 aromatic rings. The number of carbonyl (C=O) groups is 8. The molecule has 48 heteroatoms. The molecule has 776 valence electrons. The fourth-order valence-corrected chi connectivity index (χ4v) is 22.9. The quantitative estimate of drug-likeness (QED) is 0.0916. The summed E-state index contributed by atoms with van der Waals surface area (Å²) in [6.45, 7) is 13.1. The average molecular weight is 2020 g/mol. The van der Waals surface area contributed by atoms with Gasteiger partial charge in [-0.25, -0.2) is 37.5 Å². The van der Waals surface area contributed by atoms with Crippen LogP contribution in [0.5, 0.6) is 0 Å². The van der Waals surface area contributed by atoms with E-state index in [1.54, 1.807) is 87.0 Å². The van der Waals surface area contributed by atoms with Crippen molar-refractivity contribution in [3.05, 3.63) is 239 Å². The minimum atomic E-state index is -1.13. The number of likely N-dealkylation sites (tertiary alicyclic amines) is 4. The van der Waals surface area contributed by atoms with Crippen molar-refractivity contribution in [1.82, 2.24) is 203 Å². The molecule has 0 radical (unpaired) electrons. The first-order chi connectivity index (χ1) is 72.3. The Morgan fingerprint density at radius 3 is 0.466 bits per heavy atom. The smallest absolute Gasteiger partial charge is 0.248 e. The molecule has 8 spiro atoms. The standard InChI is InChI=1S/C64H76N20O4.C36H52N20O4/c85-57-61(21-29-77(30-22-61)41-49-13-5-1-6-14-49)81-45-53(69-73-81)38-66-58(86)62(23-31-78(32-24-62)42-50-15-7-2-8-16-50)83-47-55(71-75-83)40-68-60(88)64(27-35-80(36-28-64)44-52-19-11-4-12-20-52)84-48-56(72-76-84)39-67-59(87)63(82-46-54(37-65-57)70-74-82)25-33-79(34-26-63)43-51-17-9-3-10-18-51;57-29-33(1-9-37-10-2-33)53-21-25(45-49-53)18-42-30(58)34(3-11-38-12-4-34)55-23-27(47-51-55)20-44-32(60)36(7-15-40-16-8-36)56-24-28(48-52-56)19-43-31(59)35(5-13-39-14-6-35)54-22-26(17-41-29)46-50-54/h1-20,45-48H,21-44H2,(H,65,85)(H,66,86)(H,67,87)(H,68,88);21-24,37-40H,1-20H2,(H,41,57)(H,42,58)(H,43,59)(H,44,60). The van der Waals surface area contributed by atoms with Crippen LogP contribution in [0.3, 0.4) is 0 Å². The van der Waals surface area contributed by atoms with Gasteiger partial charge in [0, 0.05) is 78.5 Å². The van der Waals surface area contributed by atoms with Crippen molar-refractivity contribution >= 4 is 47.3 Å². The van der Waals surface area contributed by atoms with Gasteiger partial charge in [0.25, 0.3) is 0 Å². The summed E-state index contributed by atoms with van der Waals surface area (Å²) in [6.07, 6.45) is 21.2. The lowest BCUT2D eigenvalue weighted by molar-refractivity contribution is -0.134. The van der Waals surface area contributed by atoms with Crippen LogP contribution in [-0.4, -0.2) is 292 Å². The Hall–Kier alpha value is -14.6. The second-order valence-corrected chi connectivity index (χ2v) is 41.0. The van der Waals surface area contributed by atoms with E-state index in [2.05, 4.69) is 214 Å². The Morgan fingerprint density at radius 2 is 0.324 bits per heavy atom. The normalized spacial score (nSPS) is 21.8. The second kappa shape index (κ2) is 43.5. The summed E-state index contributed by atoms with van der Waals surface area (Å²) in [6, 6.07) is 41.2. The van der Waals surface area contributed by atoms with Crippen molar-refractivity contribution in [3.63, 3.8) is 0 Å². The number of nitrogens with one attached hydrogen (secondary N) is 12. The van der Waals surface area contributed by atoms with Gasteiger partial charge >= 0.3 is 0 Å². The molecule has 0 atom stereocenters. The number of amides is 8. The average Bonchev–Trinajstić information content (AvgIpc) is 1.65. The first kappa shape index (κ1) is 99.4. The van der Waals surface area contributed by atoms with E-state index in [0.717, 1.165) is 26.2 Å². The van der Waals surface area contributed by atoms with Crippen LogP contribution < -0.4 is 63.8 Å². The van der Waals surface area contributed by atoms with Gasteiger partial charge in [-0.2, -0.15) is 0 Å². The maximum absolute atomic E-state index is 15.1. The fourth-order valence-electron chi connectivity index (χ4n) is 22.9. The van der Waals surface area contributed by atoms with Crippen molar-refractivity contribution in [3.8, 4) is 0 Å². The second-order valence-electron chi connectivity index (χ2n) is 41.0. The van der Waals surface area contributed by atoms with E-state index in [4.69, 9.17) is 0 Å². The molecule has 16 bridgehead atoms. The molecule has 148 heavy (non-hydrogen) atoms. The maximum atomic E-state index is 15.1. The molecule has 0 unspecified atom stereocenters. The van der Waals surface area contributed by atoms with Crippen LogP contribution in [0.1, 0.15) is 171 Å². The molecule has 4 aromatic carbocycles. The van der Waals surface area contributed by atoms with Crippen molar-refractivity contribution in [2.75, 3.05) is 105 Å². The highest BCUT2D eigenvalue weighted by atomic mass is 16.2.